The number of carbonyl (C=O) groups excluding carboxylic acids is 1. The quantitative estimate of drug-likeness (QED) is 0.755. The molecule has 0 aliphatic rings. The molecule has 0 spiro atoms. The van der Waals surface area contributed by atoms with Crippen LogP contribution in [-0.2, 0) is 6.42 Å². The van der Waals surface area contributed by atoms with Crippen molar-refractivity contribution in [3.05, 3.63) is 43.3 Å². The van der Waals surface area contributed by atoms with E-state index in [0.29, 0.717) is 23.4 Å². The molecule has 0 aliphatic carbocycles. The van der Waals surface area contributed by atoms with E-state index in [1.165, 1.54) is 4.88 Å². The number of nitrogens with one attached hydrogen (secondary N) is 2. The van der Waals surface area contributed by atoms with Gasteiger partial charge in [-0.1, -0.05) is 0 Å². The van der Waals surface area contributed by atoms with E-state index < -0.39 is 5.97 Å². The molecule has 0 fully saturated rings. The van der Waals surface area contributed by atoms with Crippen LogP contribution >= 0.6 is 27.3 Å². The second-order valence-electron chi connectivity index (χ2n) is 4.64. The van der Waals surface area contributed by atoms with Gasteiger partial charge in [0.25, 0.3) is 5.91 Å². The Bertz CT molecular complexity index is 690. The van der Waals surface area contributed by atoms with E-state index >= 15 is 0 Å². The van der Waals surface area contributed by atoms with Crippen molar-refractivity contribution in [3.8, 4) is 0 Å². The molecule has 0 radical (unpaired) electrons. The van der Waals surface area contributed by atoms with Crippen molar-refractivity contribution in [2.24, 2.45) is 0 Å². The molecule has 3 N–H and O–H groups in total. The largest absolute Gasteiger partial charge is 0.477 e. The fourth-order valence-corrected chi connectivity index (χ4v) is 3.66. The first-order valence-electron chi connectivity index (χ1n) is 6.35. The highest BCUT2D eigenvalue weighted by Gasteiger charge is 2.21. The van der Waals surface area contributed by atoms with Gasteiger partial charge >= 0.3 is 5.97 Å². The highest BCUT2D eigenvalue weighted by molar-refractivity contribution is 9.11. The molecule has 112 valence electrons. The molecule has 0 aliphatic heterocycles. The smallest absolute Gasteiger partial charge is 0.352 e. The van der Waals surface area contributed by atoms with E-state index in [2.05, 4.69) is 26.2 Å². The van der Waals surface area contributed by atoms with Crippen molar-refractivity contribution in [2.45, 2.75) is 20.3 Å². The highest BCUT2D eigenvalue weighted by atomic mass is 79.9. The van der Waals surface area contributed by atoms with Crippen LogP contribution in [0.25, 0.3) is 0 Å². The van der Waals surface area contributed by atoms with Crippen LogP contribution in [-0.4, -0.2) is 28.5 Å². The Morgan fingerprint density at radius 1 is 1.38 bits per heavy atom. The van der Waals surface area contributed by atoms with Crippen molar-refractivity contribution >= 4 is 39.1 Å². The predicted molar refractivity (Wildman–Crippen MR) is 85.3 cm³/mol. The number of hydrogen-bond acceptors (Lipinski definition) is 3. The maximum atomic E-state index is 12.2. The van der Waals surface area contributed by atoms with Crippen LogP contribution in [0.5, 0.6) is 0 Å². The maximum Gasteiger partial charge on any atom is 0.352 e. The molecule has 0 atom stereocenters. The maximum absolute atomic E-state index is 12.2. The number of aromatic carboxylic acids is 1. The molecule has 0 unspecified atom stereocenters. The zero-order chi connectivity index (χ0) is 15.6. The minimum Gasteiger partial charge on any atom is -0.477 e. The van der Waals surface area contributed by atoms with E-state index in [0.717, 1.165) is 10.2 Å². The third-order valence-corrected chi connectivity index (χ3v) is 4.85. The van der Waals surface area contributed by atoms with E-state index in [4.69, 9.17) is 5.11 Å². The van der Waals surface area contributed by atoms with Gasteiger partial charge in [-0.05, 0) is 53.9 Å². The van der Waals surface area contributed by atoms with Crippen molar-refractivity contribution < 1.29 is 14.7 Å². The number of carboxylic acids is 1. The van der Waals surface area contributed by atoms with E-state index in [1.807, 2.05) is 12.1 Å². The Labute approximate surface area is 134 Å². The van der Waals surface area contributed by atoms with Gasteiger partial charge in [0.1, 0.15) is 5.69 Å². The van der Waals surface area contributed by atoms with E-state index in [-0.39, 0.29) is 11.6 Å². The van der Waals surface area contributed by atoms with Crippen LogP contribution in [0, 0.1) is 13.8 Å². The lowest BCUT2D eigenvalue weighted by molar-refractivity contribution is 0.0690. The van der Waals surface area contributed by atoms with Gasteiger partial charge in [0.15, 0.2) is 0 Å². The lowest BCUT2D eigenvalue weighted by Gasteiger charge is -2.05. The summed E-state index contributed by atoms with van der Waals surface area (Å²) < 4.78 is 1.06. The monoisotopic (exact) mass is 370 g/mol. The molecule has 2 heterocycles. The topological polar surface area (TPSA) is 82.2 Å². The van der Waals surface area contributed by atoms with Gasteiger partial charge in [-0.3, -0.25) is 4.79 Å². The highest BCUT2D eigenvalue weighted by Crippen LogP contribution is 2.22. The number of halogens is 1. The zero-order valence-corrected chi connectivity index (χ0v) is 14.0. The molecule has 0 saturated heterocycles. The number of aromatic amines is 1. The number of aryl methyl sites for hydroxylation is 1. The van der Waals surface area contributed by atoms with Gasteiger partial charge in [0, 0.05) is 17.1 Å². The Kier molecular flexibility index (Phi) is 4.84. The first-order valence-corrected chi connectivity index (χ1v) is 7.96. The fraction of sp³-hybridized carbons (Fsp3) is 0.286. The average Bonchev–Trinajstić information content (AvgIpc) is 2.93. The number of thiophene rings is 1. The molecule has 0 aromatic carbocycles. The molecule has 5 nitrogen and oxygen atoms in total. The number of carbonyl (C=O) groups is 2. The zero-order valence-electron chi connectivity index (χ0n) is 11.6. The number of amides is 1. The first kappa shape index (κ1) is 15.8. The summed E-state index contributed by atoms with van der Waals surface area (Å²) in [6.45, 7) is 3.85. The summed E-state index contributed by atoms with van der Waals surface area (Å²) in [4.78, 5) is 27.2. The Morgan fingerprint density at radius 3 is 2.62 bits per heavy atom. The van der Waals surface area contributed by atoms with Crippen molar-refractivity contribution in [2.75, 3.05) is 6.54 Å². The number of rotatable bonds is 5. The summed E-state index contributed by atoms with van der Waals surface area (Å²) >= 11 is 5.03. The molecule has 7 heteroatoms. The third kappa shape index (κ3) is 3.54. The lowest BCUT2D eigenvalue weighted by Crippen LogP contribution is -2.26. The van der Waals surface area contributed by atoms with Gasteiger partial charge in [-0.2, -0.15) is 0 Å². The van der Waals surface area contributed by atoms with Crippen LogP contribution in [0.3, 0.4) is 0 Å². The predicted octanol–water partition coefficient (Wildman–Crippen LogP) is 3.13. The summed E-state index contributed by atoms with van der Waals surface area (Å²) in [7, 11) is 0. The molecule has 1 amide bonds. The fourth-order valence-electron chi connectivity index (χ4n) is 2.18. The first-order chi connectivity index (χ1) is 9.90. The average molecular weight is 371 g/mol. The van der Waals surface area contributed by atoms with Crippen LogP contribution in [0.15, 0.2) is 15.9 Å². The van der Waals surface area contributed by atoms with Crippen LogP contribution in [0.2, 0.25) is 0 Å². The normalized spacial score (nSPS) is 10.6. The number of carboxylic acid groups (broad SMARTS) is 1. The van der Waals surface area contributed by atoms with Gasteiger partial charge < -0.3 is 15.4 Å². The summed E-state index contributed by atoms with van der Waals surface area (Å²) in [5.74, 6) is -1.30. The summed E-state index contributed by atoms with van der Waals surface area (Å²) in [6.07, 6.45) is 0.746. The Morgan fingerprint density at radius 2 is 2.10 bits per heavy atom. The van der Waals surface area contributed by atoms with Crippen molar-refractivity contribution in [1.29, 1.82) is 0 Å². The molecular formula is C14H15BrN2O3S. The second kappa shape index (κ2) is 6.44. The number of aromatic nitrogens is 1. The summed E-state index contributed by atoms with van der Waals surface area (Å²) in [6, 6.07) is 3.98. The van der Waals surface area contributed by atoms with E-state index in [1.54, 1.807) is 25.2 Å². The molecule has 2 rings (SSSR count). The van der Waals surface area contributed by atoms with Crippen molar-refractivity contribution in [3.63, 3.8) is 0 Å². The molecule has 21 heavy (non-hydrogen) atoms. The molecule has 0 saturated carbocycles. The minimum absolute atomic E-state index is 0.0693. The van der Waals surface area contributed by atoms with Crippen LogP contribution < -0.4 is 5.32 Å². The molecule has 2 aromatic rings. The van der Waals surface area contributed by atoms with Crippen LogP contribution in [0.4, 0.5) is 0 Å². The molecule has 2 aromatic heterocycles. The van der Waals surface area contributed by atoms with Gasteiger partial charge in [-0.15, -0.1) is 11.3 Å². The minimum atomic E-state index is -1.06. The van der Waals surface area contributed by atoms with Gasteiger partial charge in [0.05, 0.1) is 9.35 Å². The Hall–Kier alpha value is -1.60. The molecular weight excluding hydrogens is 356 g/mol. The lowest BCUT2D eigenvalue weighted by atomic mass is 10.1. The third-order valence-electron chi connectivity index (χ3n) is 3.16. The van der Waals surface area contributed by atoms with Gasteiger partial charge in [-0.25, -0.2) is 4.79 Å². The van der Waals surface area contributed by atoms with Crippen LogP contribution in [0.1, 0.15) is 37.0 Å². The Balaban J connectivity index is 2.02. The SMILES string of the molecule is Cc1[nH]c(C(=O)O)c(C)c1C(=O)NCCc1ccc(Br)s1. The summed E-state index contributed by atoms with van der Waals surface area (Å²) in [5.41, 5.74) is 1.53. The molecule has 0 bridgehead atoms. The van der Waals surface area contributed by atoms with E-state index in [9.17, 15) is 9.59 Å². The second-order valence-corrected chi connectivity index (χ2v) is 7.19. The number of hydrogen-bond donors (Lipinski definition) is 3. The standard InChI is InChI=1S/C14H15BrN2O3S/c1-7-11(8(2)17-12(7)14(19)20)13(18)16-6-5-9-3-4-10(15)21-9/h3-4,17H,5-6H2,1-2H3,(H,16,18)(H,19,20). The number of H-pyrrole nitrogens is 1. The summed E-state index contributed by atoms with van der Waals surface area (Å²) in [5, 5.41) is 11.9. The van der Waals surface area contributed by atoms with Crippen molar-refractivity contribution in [1.82, 2.24) is 10.3 Å². The van der Waals surface area contributed by atoms with Gasteiger partial charge in [0.2, 0.25) is 0 Å².